The van der Waals surface area contributed by atoms with E-state index in [4.69, 9.17) is 4.74 Å². The standard InChI is InChI=1S/C23H17FN4O/c1-29-23-8-7-16(9-18(23)24)22-12-25-20-10-17-14-28(13-15-5-3-2-4-6-15)27-19(17)11-21(20)26-22/h2-12,14H,13H2,1H3. The number of fused-ring (bicyclic) bond motifs is 2. The highest BCUT2D eigenvalue weighted by molar-refractivity contribution is 5.93. The molecule has 6 heteroatoms. The van der Waals surface area contributed by atoms with Crippen LogP contribution < -0.4 is 4.74 Å². The van der Waals surface area contributed by atoms with Crippen LogP contribution in [-0.2, 0) is 6.54 Å². The van der Waals surface area contributed by atoms with Crippen LogP contribution in [0, 0.1) is 5.82 Å². The number of hydrogen-bond donors (Lipinski definition) is 0. The summed E-state index contributed by atoms with van der Waals surface area (Å²) >= 11 is 0. The second-order valence-corrected chi connectivity index (χ2v) is 6.82. The van der Waals surface area contributed by atoms with Crippen molar-refractivity contribution < 1.29 is 9.13 Å². The van der Waals surface area contributed by atoms with Crippen LogP contribution in [0.4, 0.5) is 4.39 Å². The Morgan fingerprint density at radius 3 is 2.62 bits per heavy atom. The Morgan fingerprint density at radius 2 is 1.83 bits per heavy atom. The minimum Gasteiger partial charge on any atom is -0.494 e. The van der Waals surface area contributed by atoms with Crippen molar-refractivity contribution in [2.24, 2.45) is 0 Å². The summed E-state index contributed by atoms with van der Waals surface area (Å²) in [4.78, 5) is 9.19. The smallest absolute Gasteiger partial charge is 0.165 e. The number of methoxy groups -OCH3 is 1. The fraction of sp³-hybridized carbons (Fsp3) is 0.0870. The van der Waals surface area contributed by atoms with Crippen LogP contribution in [0.2, 0.25) is 0 Å². The summed E-state index contributed by atoms with van der Waals surface area (Å²) in [6.45, 7) is 0.698. The normalized spacial score (nSPS) is 11.2. The highest BCUT2D eigenvalue weighted by atomic mass is 19.1. The third kappa shape index (κ3) is 3.29. The third-order valence-electron chi connectivity index (χ3n) is 4.85. The predicted molar refractivity (Wildman–Crippen MR) is 110 cm³/mol. The molecule has 2 aromatic heterocycles. The number of rotatable bonds is 4. The van der Waals surface area contributed by atoms with E-state index in [1.165, 1.54) is 18.7 Å². The zero-order valence-corrected chi connectivity index (χ0v) is 15.7. The van der Waals surface area contributed by atoms with Crippen molar-refractivity contribution >= 4 is 21.9 Å². The number of halogens is 1. The van der Waals surface area contributed by atoms with Gasteiger partial charge in [-0.2, -0.15) is 5.10 Å². The first kappa shape index (κ1) is 17.3. The minimum absolute atomic E-state index is 0.202. The Kier molecular flexibility index (Phi) is 4.17. The van der Waals surface area contributed by atoms with Crippen molar-refractivity contribution in [3.05, 3.63) is 84.4 Å². The molecule has 0 aliphatic carbocycles. The zero-order chi connectivity index (χ0) is 19.8. The maximum Gasteiger partial charge on any atom is 0.165 e. The molecule has 5 aromatic rings. The molecule has 0 aliphatic heterocycles. The molecule has 0 amide bonds. The molecule has 0 N–H and O–H groups in total. The third-order valence-corrected chi connectivity index (χ3v) is 4.85. The molecule has 0 unspecified atom stereocenters. The zero-order valence-electron chi connectivity index (χ0n) is 15.7. The van der Waals surface area contributed by atoms with E-state index < -0.39 is 5.82 Å². The van der Waals surface area contributed by atoms with E-state index in [0.717, 1.165) is 21.9 Å². The first-order chi connectivity index (χ1) is 14.2. The quantitative estimate of drug-likeness (QED) is 0.445. The number of hydrogen-bond acceptors (Lipinski definition) is 4. The summed E-state index contributed by atoms with van der Waals surface area (Å²) in [7, 11) is 1.44. The maximum atomic E-state index is 14.1. The van der Waals surface area contributed by atoms with E-state index in [-0.39, 0.29) is 5.75 Å². The Morgan fingerprint density at radius 1 is 0.966 bits per heavy atom. The van der Waals surface area contributed by atoms with Crippen LogP contribution in [0.3, 0.4) is 0 Å². The lowest BCUT2D eigenvalue weighted by Gasteiger charge is -2.05. The van der Waals surface area contributed by atoms with Crippen LogP contribution in [0.25, 0.3) is 33.2 Å². The number of aromatic nitrogens is 4. The largest absolute Gasteiger partial charge is 0.494 e. The van der Waals surface area contributed by atoms with Crippen LogP contribution in [0.5, 0.6) is 5.75 Å². The second-order valence-electron chi connectivity index (χ2n) is 6.82. The van der Waals surface area contributed by atoms with Gasteiger partial charge in [0.25, 0.3) is 0 Å². The van der Waals surface area contributed by atoms with Gasteiger partial charge in [-0.15, -0.1) is 0 Å². The van der Waals surface area contributed by atoms with E-state index in [1.54, 1.807) is 18.3 Å². The highest BCUT2D eigenvalue weighted by Crippen LogP contribution is 2.26. The molecule has 0 fully saturated rings. The lowest BCUT2D eigenvalue weighted by molar-refractivity contribution is 0.386. The van der Waals surface area contributed by atoms with Crippen molar-refractivity contribution in [1.82, 2.24) is 19.7 Å². The van der Waals surface area contributed by atoms with E-state index in [1.807, 2.05) is 41.2 Å². The van der Waals surface area contributed by atoms with Gasteiger partial charge in [-0.05, 0) is 35.9 Å². The maximum absolute atomic E-state index is 14.1. The first-order valence-electron chi connectivity index (χ1n) is 9.21. The van der Waals surface area contributed by atoms with Crippen molar-refractivity contribution in [3.8, 4) is 17.0 Å². The van der Waals surface area contributed by atoms with Crippen LogP contribution in [0.1, 0.15) is 5.56 Å². The SMILES string of the molecule is COc1ccc(-c2cnc3cc4cn(Cc5ccccc5)nc4cc3n2)cc1F. The van der Waals surface area contributed by atoms with E-state index in [0.29, 0.717) is 17.8 Å². The van der Waals surface area contributed by atoms with Crippen molar-refractivity contribution in [2.45, 2.75) is 6.54 Å². The topological polar surface area (TPSA) is 52.8 Å². The molecule has 3 aromatic carbocycles. The molecular formula is C23H17FN4O. The summed E-state index contributed by atoms with van der Waals surface area (Å²) in [6.07, 6.45) is 3.67. The van der Waals surface area contributed by atoms with Crippen molar-refractivity contribution in [3.63, 3.8) is 0 Å². The molecule has 5 rings (SSSR count). The minimum atomic E-state index is -0.429. The van der Waals surface area contributed by atoms with Gasteiger partial charge in [0.05, 0.1) is 42.1 Å². The summed E-state index contributed by atoms with van der Waals surface area (Å²) in [5, 5.41) is 5.68. The van der Waals surface area contributed by atoms with Gasteiger partial charge in [0.1, 0.15) is 0 Å². The van der Waals surface area contributed by atoms with E-state index in [2.05, 4.69) is 27.2 Å². The lowest BCUT2D eigenvalue weighted by atomic mass is 10.1. The van der Waals surface area contributed by atoms with Crippen molar-refractivity contribution in [2.75, 3.05) is 7.11 Å². The van der Waals surface area contributed by atoms with Gasteiger partial charge in [0, 0.05) is 17.1 Å². The Balaban J connectivity index is 1.53. The molecule has 142 valence electrons. The first-order valence-corrected chi connectivity index (χ1v) is 9.21. The van der Waals surface area contributed by atoms with E-state index in [9.17, 15) is 4.39 Å². The fourth-order valence-corrected chi connectivity index (χ4v) is 3.40. The fourth-order valence-electron chi connectivity index (χ4n) is 3.40. The van der Waals surface area contributed by atoms with Gasteiger partial charge in [0.2, 0.25) is 0 Å². The van der Waals surface area contributed by atoms with Gasteiger partial charge in [-0.1, -0.05) is 30.3 Å². The van der Waals surface area contributed by atoms with Crippen LogP contribution in [-0.4, -0.2) is 26.9 Å². The lowest BCUT2D eigenvalue weighted by Crippen LogP contribution is -1.99. The molecule has 0 radical (unpaired) electrons. The Bertz CT molecular complexity index is 1330. The number of ether oxygens (including phenoxy) is 1. The highest BCUT2D eigenvalue weighted by Gasteiger charge is 2.10. The second kappa shape index (κ2) is 6.98. The van der Waals surface area contributed by atoms with Gasteiger partial charge < -0.3 is 4.74 Å². The van der Waals surface area contributed by atoms with Crippen LogP contribution >= 0.6 is 0 Å². The molecule has 0 bridgehead atoms. The average Bonchev–Trinajstić information content (AvgIpc) is 3.13. The predicted octanol–water partition coefficient (Wildman–Crippen LogP) is 4.84. The molecule has 0 atom stereocenters. The molecule has 2 heterocycles. The molecule has 0 saturated carbocycles. The summed E-state index contributed by atoms with van der Waals surface area (Å²) in [5.74, 6) is -0.227. The van der Waals surface area contributed by atoms with Gasteiger partial charge in [-0.3, -0.25) is 9.67 Å². The summed E-state index contributed by atoms with van der Waals surface area (Å²) in [6, 6.07) is 18.8. The molecule has 0 aliphatic rings. The summed E-state index contributed by atoms with van der Waals surface area (Å²) < 4.78 is 20.9. The molecule has 0 spiro atoms. The van der Waals surface area contributed by atoms with Gasteiger partial charge >= 0.3 is 0 Å². The Hall–Kier alpha value is -3.80. The Labute approximate surface area is 166 Å². The number of nitrogens with zero attached hydrogens (tertiary/aromatic N) is 4. The molecule has 0 saturated heterocycles. The van der Waals surface area contributed by atoms with Crippen molar-refractivity contribution in [1.29, 1.82) is 0 Å². The molecular weight excluding hydrogens is 367 g/mol. The van der Waals surface area contributed by atoms with E-state index >= 15 is 0 Å². The van der Waals surface area contributed by atoms with Gasteiger partial charge in [0.15, 0.2) is 11.6 Å². The molecule has 29 heavy (non-hydrogen) atoms. The number of benzene rings is 3. The average molecular weight is 384 g/mol. The monoisotopic (exact) mass is 384 g/mol. The summed E-state index contributed by atoms with van der Waals surface area (Å²) in [5.41, 5.74) is 4.77. The van der Waals surface area contributed by atoms with Crippen LogP contribution in [0.15, 0.2) is 73.1 Å². The van der Waals surface area contributed by atoms with Gasteiger partial charge in [-0.25, -0.2) is 9.37 Å². The molecule has 5 nitrogen and oxygen atoms in total.